The molecule has 0 saturated carbocycles. The number of ether oxygens (including phenoxy) is 2. The van der Waals surface area contributed by atoms with Crippen molar-refractivity contribution >= 4 is 29.2 Å². The van der Waals surface area contributed by atoms with Crippen LogP contribution in [0.15, 0.2) is 58.5 Å². The molecule has 216 valence electrons. The fourth-order valence-corrected chi connectivity index (χ4v) is 4.67. The van der Waals surface area contributed by atoms with Gasteiger partial charge >= 0.3 is 0 Å². The molecule has 1 unspecified atom stereocenters. The summed E-state index contributed by atoms with van der Waals surface area (Å²) < 4.78 is 40.6. The third-order valence-electron chi connectivity index (χ3n) is 5.96. The third kappa shape index (κ3) is 9.16. The van der Waals surface area contributed by atoms with E-state index in [0.717, 1.165) is 55.4 Å². The van der Waals surface area contributed by atoms with Gasteiger partial charge in [0, 0.05) is 36.5 Å². The Balaban J connectivity index is 0.000000415. The van der Waals surface area contributed by atoms with Gasteiger partial charge in [-0.05, 0) is 74.7 Å². The molecule has 1 aliphatic rings. The van der Waals surface area contributed by atoms with Crippen molar-refractivity contribution in [3.63, 3.8) is 0 Å². The highest BCUT2D eigenvalue weighted by atomic mass is 32.2. The number of hydrogen-bond donors (Lipinski definition) is 3. The van der Waals surface area contributed by atoms with Crippen LogP contribution in [-0.4, -0.2) is 60.8 Å². The molecule has 2 aromatic carbocycles. The quantitative estimate of drug-likeness (QED) is 0.164. The predicted octanol–water partition coefficient (Wildman–Crippen LogP) is 5.95. The van der Waals surface area contributed by atoms with Crippen LogP contribution in [0.4, 0.5) is 20.2 Å². The summed E-state index contributed by atoms with van der Waals surface area (Å²) in [4.78, 5) is 11.2. The number of anilines is 1. The van der Waals surface area contributed by atoms with Crippen LogP contribution in [0, 0.1) is 11.6 Å². The molecule has 0 spiro atoms. The molecule has 8 nitrogen and oxygen atoms in total. The van der Waals surface area contributed by atoms with Gasteiger partial charge in [0.05, 0.1) is 42.8 Å². The first-order valence-electron chi connectivity index (χ1n) is 13.1. The summed E-state index contributed by atoms with van der Waals surface area (Å²) in [5.74, 6) is -0.616. The fraction of sp³-hybridized carbons (Fsp3) is 0.379. The predicted molar refractivity (Wildman–Crippen MR) is 157 cm³/mol. The molecule has 40 heavy (non-hydrogen) atoms. The number of amidine groups is 1. The van der Waals surface area contributed by atoms with E-state index in [0.29, 0.717) is 28.7 Å². The van der Waals surface area contributed by atoms with E-state index in [2.05, 4.69) is 26.5 Å². The smallest absolute Gasteiger partial charge is 0.237 e. The number of aliphatic hydroxyl groups excluding tert-OH is 1. The topological polar surface area (TPSA) is 105 Å². The maximum atomic E-state index is 13.9. The van der Waals surface area contributed by atoms with Gasteiger partial charge < -0.3 is 25.0 Å². The molecular weight excluding hydrogens is 536 g/mol. The van der Waals surface area contributed by atoms with E-state index in [4.69, 9.17) is 15.2 Å². The number of rotatable bonds is 9. The Labute approximate surface area is 238 Å². The molecule has 2 heterocycles. The minimum atomic E-state index is -0.751. The summed E-state index contributed by atoms with van der Waals surface area (Å²) in [5, 5.41) is 10.2. The molecule has 1 fully saturated rings. The first kappa shape index (κ1) is 31.3. The minimum Gasteiger partial charge on any atom is -0.480 e. The Kier molecular flexibility index (Phi) is 12.1. The van der Waals surface area contributed by atoms with Crippen LogP contribution in [0.25, 0.3) is 11.1 Å². The lowest BCUT2D eigenvalue weighted by atomic mass is 10.0. The minimum absolute atomic E-state index is 0.226. The Bertz CT molecular complexity index is 1280. The number of aromatic nitrogens is 1. The average Bonchev–Trinajstić information content (AvgIpc) is 2.93. The second kappa shape index (κ2) is 15.5. The Morgan fingerprint density at radius 1 is 1.20 bits per heavy atom. The van der Waals surface area contributed by atoms with E-state index in [9.17, 15) is 13.9 Å². The first-order chi connectivity index (χ1) is 19.2. The molecular formula is C29H37F2N5O3S. The second-order valence-corrected chi connectivity index (χ2v) is 10.1. The lowest BCUT2D eigenvalue weighted by Crippen LogP contribution is -2.36. The molecule has 1 atom stereocenters. The standard InChI is InChI=1S/C22H22F2N4O2S.C7H15NO/c1-12(29)17-8-14(4-6-19(17)27-13(2)25)15-9-20(22(30-3)26-11-15)28-31-21-7-5-16(23)10-18(21)24;1-2-3-8-4-6-9-7-5-8/h4-12,28-29H,1-3H3,(H2,25,27);2-7H2,1H3. The molecule has 0 bridgehead atoms. The van der Waals surface area contributed by atoms with Crippen molar-refractivity contribution in [2.24, 2.45) is 10.7 Å². The monoisotopic (exact) mass is 573 g/mol. The van der Waals surface area contributed by atoms with E-state index in [-0.39, 0.29) is 4.90 Å². The van der Waals surface area contributed by atoms with Crippen LogP contribution in [0.3, 0.4) is 0 Å². The Morgan fingerprint density at radius 2 is 1.95 bits per heavy atom. The summed E-state index contributed by atoms with van der Waals surface area (Å²) in [6.07, 6.45) is 2.14. The number of halogens is 2. The zero-order chi connectivity index (χ0) is 29.1. The summed E-state index contributed by atoms with van der Waals surface area (Å²) in [6.45, 7) is 10.9. The molecule has 4 N–H and O–H groups in total. The van der Waals surface area contributed by atoms with E-state index in [1.165, 1.54) is 32.2 Å². The van der Waals surface area contributed by atoms with Crippen molar-refractivity contribution in [2.45, 2.75) is 38.2 Å². The van der Waals surface area contributed by atoms with Gasteiger partial charge in [-0.2, -0.15) is 0 Å². The highest BCUT2D eigenvalue weighted by Gasteiger charge is 2.14. The molecule has 11 heteroatoms. The van der Waals surface area contributed by atoms with E-state index >= 15 is 0 Å². The molecule has 0 radical (unpaired) electrons. The second-order valence-electron chi connectivity index (χ2n) is 9.22. The van der Waals surface area contributed by atoms with Gasteiger partial charge in [0.15, 0.2) is 0 Å². The lowest BCUT2D eigenvalue weighted by Gasteiger charge is -2.25. The van der Waals surface area contributed by atoms with Crippen molar-refractivity contribution in [1.82, 2.24) is 9.88 Å². The van der Waals surface area contributed by atoms with E-state index < -0.39 is 17.7 Å². The normalized spacial score (nSPS) is 14.7. The number of aliphatic imine (C=N–C) groups is 1. The van der Waals surface area contributed by atoms with Crippen LogP contribution < -0.4 is 15.2 Å². The first-order valence-corrected chi connectivity index (χ1v) is 13.9. The summed E-state index contributed by atoms with van der Waals surface area (Å²) in [5.41, 5.74) is 8.93. The van der Waals surface area contributed by atoms with Gasteiger partial charge in [-0.1, -0.05) is 13.0 Å². The highest BCUT2D eigenvalue weighted by molar-refractivity contribution is 8.00. The largest absolute Gasteiger partial charge is 0.480 e. The van der Waals surface area contributed by atoms with Crippen molar-refractivity contribution in [1.29, 1.82) is 0 Å². The van der Waals surface area contributed by atoms with Gasteiger partial charge in [0.25, 0.3) is 0 Å². The number of nitrogens with zero attached hydrogens (tertiary/aromatic N) is 3. The zero-order valence-corrected chi connectivity index (χ0v) is 24.1. The number of aliphatic hydroxyl groups is 1. The number of morpholine rings is 1. The van der Waals surface area contributed by atoms with Crippen LogP contribution in [0.2, 0.25) is 0 Å². The Morgan fingerprint density at radius 3 is 2.58 bits per heavy atom. The SMILES string of the molecule is CCCN1CCOCC1.COc1ncc(-c2ccc(N=C(C)N)c(C(C)O)c2)cc1NSc1ccc(F)cc1F. The van der Waals surface area contributed by atoms with Crippen molar-refractivity contribution < 1.29 is 23.4 Å². The van der Waals surface area contributed by atoms with Crippen LogP contribution >= 0.6 is 11.9 Å². The number of nitrogens with two attached hydrogens (primary N) is 1. The van der Waals surface area contributed by atoms with Crippen LogP contribution in [0.5, 0.6) is 5.88 Å². The third-order valence-corrected chi connectivity index (χ3v) is 6.83. The van der Waals surface area contributed by atoms with Gasteiger partial charge in [-0.15, -0.1) is 0 Å². The molecule has 4 rings (SSSR count). The van der Waals surface area contributed by atoms with Gasteiger partial charge in [-0.3, -0.25) is 4.90 Å². The Hall–Kier alpha value is -3.25. The number of nitrogens with one attached hydrogen (secondary N) is 1. The van der Waals surface area contributed by atoms with Gasteiger partial charge in [-0.25, -0.2) is 18.8 Å². The average molecular weight is 574 g/mol. The van der Waals surface area contributed by atoms with Crippen molar-refractivity contribution in [3.05, 3.63) is 65.9 Å². The lowest BCUT2D eigenvalue weighted by molar-refractivity contribution is 0.0380. The molecule has 0 amide bonds. The maximum Gasteiger partial charge on any atom is 0.237 e. The zero-order valence-electron chi connectivity index (χ0n) is 23.3. The van der Waals surface area contributed by atoms with Crippen molar-refractivity contribution in [2.75, 3.05) is 44.7 Å². The number of benzene rings is 2. The van der Waals surface area contributed by atoms with Crippen LogP contribution in [0.1, 0.15) is 38.9 Å². The van der Waals surface area contributed by atoms with E-state index in [1.807, 2.05) is 12.1 Å². The fourth-order valence-electron chi connectivity index (χ4n) is 4.02. The molecule has 1 aromatic heterocycles. The molecule has 3 aromatic rings. The maximum absolute atomic E-state index is 13.9. The van der Waals surface area contributed by atoms with Gasteiger partial charge in [0.1, 0.15) is 17.3 Å². The summed E-state index contributed by atoms with van der Waals surface area (Å²) in [7, 11) is 1.48. The summed E-state index contributed by atoms with van der Waals surface area (Å²) >= 11 is 0.976. The van der Waals surface area contributed by atoms with Crippen LogP contribution in [-0.2, 0) is 4.74 Å². The highest BCUT2D eigenvalue weighted by Crippen LogP contribution is 2.35. The van der Waals surface area contributed by atoms with Crippen molar-refractivity contribution in [3.8, 4) is 17.0 Å². The van der Waals surface area contributed by atoms with E-state index in [1.54, 1.807) is 32.2 Å². The van der Waals surface area contributed by atoms with Gasteiger partial charge in [0.2, 0.25) is 5.88 Å². The number of methoxy groups -OCH3 is 1. The molecule has 0 aliphatic carbocycles. The molecule has 1 saturated heterocycles. The number of pyridine rings is 1. The summed E-state index contributed by atoms with van der Waals surface area (Å²) in [6, 6.07) is 10.6. The number of hydrogen-bond acceptors (Lipinski definition) is 8. The molecule has 1 aliphatic heterocycles.